The molecule has 0 spiro atoms. The number of halogens is 4. The highest BCUT2D eigenvalue weighted by Crippen LogP contribution is 2.63. The van der Waals surface area contributed by atoms with Gasteiger partial charge in [-0.1, -0.05) is 12.1 Å². The third-order valence-electron chi connectivity index (χ3n) is 9.07. The number of aliphatic hydroxyl groups excluding tert-OH is 1. The number of alkyl halides is 3. The highest BCUT2D eigenvalue weighted by molar-refractivity contribution is 5.90. The van der Waals surface area contributed by atoms with E-state index in [1.165, 1.54) is 12.5 Å². The Morgan fingerprint density at radius 3 is 2.57 bits per heavy atom. The van der Waals surface area contributed by atoms with Crippen molar-refractivity contribution in [3.8, 4) is 0 Å². The largest absolute Gasteiger partial charge is 0.419 e. The van der Waals surface area contributed by atoms with E-state index in [2.05, 4.69) is 21.6 Å². The van der Waals surface area contributed by atoms with Crippen LogP contribution in [0.25, 0.3) is 0 Å². The highest BCUT2D eigenvalue weighted by Gasteiger charge is 2.58. The van der Waals surface area contributed by atoms with E-state index < -0.39 is 23.6 Å². The van der Waals surface area contributed by atoms with Crippen molar-refractivity contribution >= 4 is 23.3 Å². The Hall–Kier alpha value is -3.18. The molecule has 1 aliphatic heterocycles. The van der Waals surface area contributed by atoms with Crippen LogP contribution in [0, 0.1) is 11.7 Å². The molecule has 2 saturated carbocycles. The molecule has 42 heavy (non-hydrogen) atoms. The van der Waals surface area contributed by atoms with Crippen LogP contribution >= 0.6 is 0 Å². The average molecular weight is 591 g/mol. The van der Waals surface area contributed by atoms with E-state index in [-0.39, 0.29) is 29.2 Å². The number of aliphatic hydroxyl groups is 1. The van der Waals surface area contributed by atoms with Gasteiger partial charge >= 0.3 is 12.2 Å². The fourth-order valence-corrected chi connectivity index (χ4v) is 6.86. The van der Waals surface area contributed by atoms with Crippen molar-refractivity contribution < 1.29 is 32.3 Å². The van der Waals surface area contributed by atoms with Crippen LogP contribution in [-0.4, -0.2) is 65.2 Å². The van der Waals surface area contributed by atoms with E-state index >= 15 is 0 Å². The molecule has 2 aliphatic carbocycles. The van der Waals surface area contributed by atoms with Gasteiger partial charge in [0.1, 0.15) is 5.82 Å². The summed E-state index contributed by atoms with van der Waals surface area (Å²) in [5.41, 5.74) is 0.415. The van der Waals surface area contributed by atoms with E-state index in [1.54, 1.807) is 4.90 Å². The lowest BCUT2D eigenvalue weighted by molar-refractivity contribution is -0.140. The molecule has 0 aromatic heterocycles. The molecule has 4 atom stereocenters. The summed E-state index contributed by atoms with van der Waals surface area (Å²) in [5.74, 6) is -1.16. The van der Waals surface area contributed by atoms with Gasteiger partial charge < -0.3 is 25.5 Å². The Balaban J connectivity index is 1.27. The quantitative estimate of drug-likeness (QED) is 0.247. The number of fused-ring (bicyclic) bond motifs is 1. The number of urea groups is 1. The normalized spacial score (nSPS) is 25.5. The lowest BCUT2D eigenvalue weighted by Gasteiger charge is -2.37. The van der Waals surface area contributed by atoms with Crippen molar-refractivity contribution in [2.24, 2.45) is 5.92 Å². The van der Waals surface area contributed by atoms with E-state index in [0.29, 0.717) is 31.5 Å². The maximum Gasteiger partial charge on any atom is 0.419 e. The Morgan fingerprint density at radius 1 is 1.10 bits per heavy atom. The summed E-state index contributed by atoms with van der Waals surface area (Å²) in [5, 5.41) is 15.2. The summed E-state index contributed by atoms with van der Waals surface area (Å²) in [7, 11) is 0. The van der Waals surface area contributed by atoms with Crippen LogP contribution < -0.4 is 10.6 Å². The third-order valence-corrected chi connectivity index (χ3v) is 9.07. The number of carbonyl (C=O) groups excluding carboxylic acids is 2. The molecule has 3 aliphatic rings. The van der Waals surface area contributed by atoms with E-state index in [4.69, 9.17) is 0 Å². The standard InChI is InChI=1S/C31H38F4N4O3/c1-20(40)36-23-6-4-5-21(15-23)30-11-9-25(16-22(30)18-30)39(13-3-2-12-38-14-10-26(41)19-38)29(42)37-24-7-8-28(32)27(17-24)31(33,34)35/h4-8,15,17,22,25-26,41H,2-3,9-14,16,18-19H2,1H3,(H,36,40)(H,37,42)/t22?,25-,26-,30+/m1/s1. The number of unbranched alkanes of at least 4 members (excludes halogenated alkanes) is 1. The van der Waals surface area contributed by atoms with E-state index in [1.807, 2.05) is 18.2 Å². The zero-order valence-electron chi connectivity index (χ0n) is 23.7. The van der Waals surface area contributed by atoms with Crippen molar-refractivity contribution in [3.05, 3.63) is 59.4 Å². The first-order chi connectivity index (χ1) is 19.9. The Bertz CT molecular complexity index is 1310. The van der Waals surface area contributed by atoms with Crippen molar-refractivity contribution in [1.29, 1.82) is 0 Å². The topological polar surface area (TPSA) is 84.9 Å². The number of nitrogens with zero attached hydrogens (tertiary/aromatic N) is 2. The molecule has 2 aromatic rings. The van der Waals surface area contributed by atoms with Gasteiger partial charge in [0, 0.05) is 44.0 Å². The SMILES string of the molecule is CC(=O)Nc1cccc([C@@]23CC[C@@H](N(CCCCN4CC[C@@H](O)C4)C(=O)Nc4ccc(F)c(C(F)(F)F)c4)CC2C3)c1. The van der Waals surface area contributed by atoms with Crippen LogP contribution in [0.1, 0.15) is 63.0 Å². The number of hydrogen-bond donors (Lipinski definition) is 3. The first-order valence-electron chi connectivity index (χ1n) is 14.7. The monoisotopic (exact) mass is 590 g/mol. The van der Waals surface area contributed by atoms with Gasteiger partial charge in [0.05, 0.1) is 11.7 Å². The first kappa shape index (κ1) is 30.3. The molecule has 1 heterocycles. The van der Waals surface area contributed by atoms with Gasteiger partial charge in [-0.05, 0) is 98.7 Å². The Morgan fingerprint density at radius 2 is 1.88 bits per heavy atom. The summed E-state index contributed by atoms with van der Waals surface area (Å²) in [6.45, 7) is 4.21. The number of β-amino-alcohol motifs (C(OH)–C–C–N with tert-alkyl or cyclic N) is 1. The molecule has 1 unspecified atom stereocenters. The molecule has 3 fully saturated rings. The van der Waals surface area contributed by atoms with Crippen LogP contribution in [0.5, 0.6) is 0 Å². The van der Waals surface area contributed by atoms with Crippen LogP contribution in [0.15, 0.2) is 42.5 Å². The smallest absolute Gasteiger partial charge is 0.392 e. The number of rotatable bonds is 9. The molecule has 1 saturated heterocycles. The Labute approximate surface area is 243 Å². The molecular formula is C31H38F4N4O3. The Kier molecular flexibility index (Phi) is 8.80. The average Bonchev–Trinajstić information content (AvgIpc) is 3.53. The minimum Gasteiger partial charge on any atom is -0.392 e. The number of carbonyl (C=O) groups is 2. The molecule has 11 heteroatoms. The molecule has 228 valence electrons. The van der Waals surface area contributed by atoms with Crippen LogP contribution in [0.2, 0.25) is 0 Å². The fraction of sp³-hybridized carbons (Fsp3) is 0.548. The van der Waals surface area contributed by atoms with Crippen molar-refractivity contribution in [2.45, 2.75) is 75.6 Å². The first-order valence-corrected chi connectivity index (χ1v) is 14.7. The summed E-state index contributed by atoms with van der Waals surface area (Å²) >= 11 is 0. The third kappa shape index (κ3) is 6.89. The number of likely N-dealkylation sites (tertiary alicyclic amines) is 1. The molecule has 5 rings (SSSR count). The maximum absolute atomic E-state index is 13.8. The van der Waals surface area contributed by atoms with Crippen LogP contribution in [0.4, 0.5) is 33.7 Å². The van der Waals surface area contributed by atoms with Gasteiger partial charge in [0.15, 0.2) is 0 Å². The second kappa shape index (κ2) is 12.2. The lowest BCUT2D eigenvalue weighted by atomic mass is 9.80. The fourth-order valence-electron chi connectivity index (χ4n) is 6.86. The molecule has 3 amide bonds. The number of nitrogens with one attached hydrogen (secondary N) is 2. The molecule has 7 nitrogen and oxygen atoms in total. The predicted molar refractivity (Wildman–Crippen MR) is 152 cm³/mol. The minimum absolute atomic E-state index is 0.00226. The summed E-state index contributed by atoms with van der Waals surface area (Å²) in [4.78, 5) is 29.0. The van der Waals surface area contributed by atoms with Crippen molar-refractivity contribution in [3.63, 3.8) is 0 Å². The molecule has 0 radical (unpaired) electrons. The lowest BCUT2D eigenvalue weighted by Crippen LogP contribution is -2.46. The second-order valence-corrected chi connectivity index (χ2v) is 12.0. The van der Waals surface area contributed by atoms with Crippen molar-refractivity contribution in [2.75, 3.05) is 36.8 Å². The maximum atomic E-state index is 13.8. The summed E-state index contributed by atoms with van der Waals surface area (Å²) in [6.07, 6.45) is 0.461. The number of hydrogen-bond acceptors (Lipinski definition) is 4. The van der Waals surface area contributed by atoms with Gasteiger partial charge in [-0.2, -0.15) is 13.2 Å². The van der Waals surface area contributed by atoms with Gasteiger partial charge in [-0.15, -0.1) is 0 Å². The zero-order valence-corrected chi connectivity index (χ0v) is 23.7. The number of benzene rings is 2. The molecular weight excluding hydrogens is 552 g/mol. The summed E-state index contributed by atoms with van der Waals surface area (Å²) in [6, 6.07) is 9.84. The number of amides is 3. The minimum atomic E-state index is -4.87. The van der Waals surface area contributed by atoms with Gasteiger partial charge in [-0.25, -0.2) is 9.18 Å². The van der Waals surface area contributed by atoms with Gasteiger partial charge in [0.2, 0.25) is 5.91 Å². The second-order valence-electron chi connectivity index (χ2n) is 12.0. The van der Waals surface area contributed by atoms with Gasteiger partial charge in [0.25, 0.3) is 0 Å². The summed E-state index contributed by atoms with van der Waals surface area (Å²) < 4.78 is 53.7. The molecule has 2 aromatic carbocycles. The molecule has 3 N–H and O–H groups in total. The predicted octanol–water partition coefficient (Wildman–Crippen LogP) is 5.99. The highest BCUT2D eigenvalue weighted by atomic mass is 19.4. The van der Waals surface area contributed by atoms with Crippen molar-refractivity contribution in [1.82, 2.24) is 9.80 Å². The van der Waals surface area contributed by atoms with Crippen LogP contribution in [0.3, 0.4) is 0 Å². The van der Waals surface area contributed by atoms with Crippen LogP contribution in [-0.2, 0) is 16.4 Å². The van der Waals surface area contributed by atoms with E-state index in [9.17, 15) is 32.3 Å². The zero-order chi connectivity index (χ0) is 30.1. The molecule has 0 bridgehead atoms. The number of anilines is 2. The van der Waals surface area contributed by atoms with Gasteiger partial charge in [-0.3, -0.25) is 4.79 Å². The van der Waals surface area contributed by atoms with E-state index in [0.717, 1.165) is 69.4 Å².